The van der Waals surface area contributed by atoms with Gasteiger partial charge in [0.15, 0.2) is 11.7 Å². The summed E-state index contributed by atoms with van der Waals surface area (Å²) < 4.78 is 32.4. The Bertz CT molecular complexity index is 1170. The van der Waals surface area contributed by atoms with Crippen molar-refractivity contribution < 1.29 is 17.6 Å². The van der Waals surface area contributed by atoms with E-state index in [-0.39, 0.29) is 23.3 Å². The predicted octanol–water partition coefficient (Wildman–Crippen LogP) is 4.84. The summed E-state index contributed by atoms with van der Waals surface area (Å²) in [7, 11) is -3.50. The summed E-state index contributed by atoms with van der Waals surface area (Å²) in [5.41, 5.74) is 1.69. The molecule has 0 fully saturated rings. The number of amides is 1. The second-order valence-corrected chi connectivity index (χ2v) is 9.95. The number of sulfonamides is 1. The van der Waals surface area contributed by atoms with E-state index in [4.69, 9.17) is 16.0 Å². The molecule has 0 aliphatic heterocycles. The van der Waals surface area contributed by atoms with Crippen LogP contribution < -0.4 is 5.32 Å². The van der Waals surface area contributed by atoms with Crippen LogP contribution in [0.15, 0.2) is 64.0 Å². The zero-order valence-corrected chi connectivity index (χ0v) is 20.5. The minimum atomic E-state index is -3.50. The number of aryl methyl sites for hydroxylation is 1. The van der Waals surface area contributed by atoms with Crippen LogP contribution in [0.5, 0.6) is 0 Å². The van der Waals surface area contributed by atoms with E-state index < -0.39 is 10.0 Å². The average Bonchev–Trinajstić information content (AvgIpc) is 3.28. The molecule has 2 aromatic carbocycles. The number of aromatic nitrogens is 1. The predicted molar refractivity (Wildman–Crippen MR) is 128 cm³/mol. The van der Waals surface area contributed by atoms with Crippen LogP contribution in [0, 0.1) is 0 Å². The summed E-state index contributed by atoms with van der Waals surface area (Å²) in [6, 6.07) is 13.6. The Morgan fingerprint density at radius 2 is 1.73 bits per heavy atom. The van der Waals surface area contributed by atoms with Crippen molar-refractivity contribution in [1.29, 1.82) is 0 Å². The minimum Gasteiger partial charge on any atom is -0.441 e. The first-order valence-corrected chi connectivity index (χ1v) is 12.7. The van der Waals surface area contributed by atoms with Crippen LogP contribution in [0.2, 0.25) is 5.02 Å². The van der Waals surface area contributed by atoms with E-state index in [1.54, 1.807) is 42.6 Å². The molecule has 0 saturated heterocycles. The van der Waals surface area contributed by atoms with Crippen LogP contribution in [-0.2, 0) is 21.2 Å². The van der Waals surface area contributed by atoms with Gasteiger partial charge in [-0.3, -0.25) is 4.79 Å². The Balaban J connectivity index is 1.55. The van der Waals surface area contributed by atoms with Gasteiger partial charge in [0.1, 0.15) is 0 Å². The molecule has 1 unspecified atom stereocenters. The Morgan fingerprint density at radius 1 is 1.09 bits per heavy atom. The Hall–Kier alpha value is -2.68. The molecule has 0 spiro atoms. The van der Waals surface area contributed by atoms with E-state index in [9.17, 15) is 13.2 Å². The first-order chi connectivity index (χ1) is 15.7. The second kappa shape index (κ2) is 11.0. The molecule has 3 rings (SSSR count). The molecule has 0 saturated carbocycles. The molecule has 0 bridgehead atoms. The first kappa shape index (κ1) is 25.0. The van der Waals surface area contributed by atoms with Crippen LogP contribution in [0.4, 0.5) is 0 Å². The number of carbonyl (C=O) groups is 1. The molecule has 33 heavy (non-hydrogen) atoms. The van der Waals surface area contributed by atoms with Gasteiger partial charge >= 0.3 is 0 Å². The van der Waals surface area contributed by atoms with Crippen molar-refractivity contribution in [3.63, 3.8) is 0 Å². The van der Waals surface area contributed by atoms with Crippen molar-refractivity contribution in [2.75, 3.05) is 13.1 Å². The lowest BCUT2D eigenvalue weighted by Gasteiger charge is -2.19. The van der Waals surface area contributed by atoms with Gasteiger partial charge in [0.25, 0.3) is 0 Å². The van der Waals surface area contributed by atoms with Crippen molar-refractivity contribution >= 4 is 27.5 Å². The van der Waals surface area contributed by atoms with Gasteiger partial charge < -0.3 is 9.73 Å². The molecule has 1 atom stereocenters. The maximum Gasteiger partial charge on any atom is 0.243 e. The number of hydrogen-bond donors (Lipinski definition) is 1. The van der Waals surface area contributed by atoms with Gasteiger partial charge in [-0.25, -0.2) is 13.4 Å². The molecule has 1 amide bonds. The van der Waals surface area contributed by atoms with Crippen LogP contribution in [0.3, 0.4) is 0 Å². The van der Waals surface area contributed by atoms with Gasteiger partial charge in [-0.1, -0.05) is 37.6 Å². The molecule has 0 radical (unpaired) electrons. The Kier molecular flexibility index (Phi) is 8.29. The van der Waals surface area contributed by atoms with Gasteiger partial charge in [0, 0.05) is 36.5 Å². The molecule has 1 aromatic heterocycles. The van der Waals surface area contributed by atoms with Gasteiger partial charge in [-0.15, -0.1) is 0 Å². The fourth-order valence-electron chi connectivity index (χ4n) is 3.43. The maximum atomic E-state index is 12.6. The lowest BCUT2D eigenvalue weighted by molar-refractivity contribution is -0.121. The standard InChI is InChI=1S/C24H28ClN3O4S/c1-4-28(5-2)33(30,31)21-12-8-18(9-13-21)17(3)27-23(29)14-15-24-26-16-22(32-24)19-6-10-20(25)11-7-19/h6-13,16-17H,4-5,14-15H2,1-3H3,(H,27,29). The highest BCUT2D eigenvalue weighted by atomic mass is 35.5. The highest BCUT2D eigenvalue weighted by Crippen LogP contribution is 2.23. The third-order valence-corrected chi connectivity index (χ3v) is 7.67. The number of nitrogens with one attached hydrogen (secondary N) is 1. The van der Waals surface area contributed by atoms with Gasteiger partial charge in [-0.05, 0) is 48.9 Å². The van der Waals surface area contributed by atoms with Crippen molar-refractivity contribution in [2.45, 2.75) is 44.6 Å². The highest BCUT2D eigenvalue weighted by molar-refractivity contribution is 7.89. The quantitative estimate of drug-likeness (QED) is 0.440. The number of hydrogen-bond acceptors (Lipinski definition) is 5. The van der Waals surface area contributed by atoms with E-state index >= 15 is 0 Å². The van der Waals surface area contributed by atoms with Crippen molar-refractivity contribution in [2.24, 2.45) is 0 Å². The summed E-state index contributed by atoms with van der Waals surface area (Å²) in [6.45, 7) is 6.31. The molecule has 0 aliphatic rings. The number of benzene rings is 2. The molecule has 3 aromatic rings. The number of nitrogens with zero attached hydrogens (tertiary/aromatic N) is 2. The van der Waals surface area contributed by atoms with E-state index in [1.165, 1.54) is 4.31 Å². The van der Waals surface area contributed by atoms with E-state index in [0.29, 0.717) is 36.2 Å². The second-order valence-electron chi connectivity index (χ2n) is 7.57. The fourth-order valence-corrected chi connectivity index (χ4v) is 5.02. The smallest absolute Gasteiger partial charge is 0.243 e. The maximum absolute atomic E-state index is 12.6. The lowest BCUT2D eigenvalue weighted by atomic mass is 10.1. The number of halogens is 1. The number of oxazole rings is 1. The summed E-state index contributed by atoms with van der Waals surface area (Å²) >= 11 is 5.91. The largest absolute Gasteiger partial charge is 0.441 e. The summed E-state index contributed by atoms with van der Waals surface area (Å²) in [5, 5.41) is 3.57. The van der Waals surface area contributed by atoms with Crippen molar-refractivity contribution in [3.05, 3.63) is 71.2 Å². The average molecular weight is 490 g/mol. The fraction of sp³-hybridized carbons (Fsp3) is 0.333. The summed E-state index contributed by atoms with van der Waals surface area (Å²) in [4.78, 5) is 16.9. The van der Waals surface area contributed by atoms with Gasteiger partial charge in [-0.2, -0.15) is 4.31 Å². The zero-order valence-electron chi connectivity index (χ0n) is 18.9. The molecule has 9 heteroatoms. The van der Waals surface area contributed by atoms with Crippen LogP contribution >= 0.6 is 11.6 Å². The summed E-state index contributed by atoms with van der Waals surface area (Å²) in [6.07, 6.45) is 2.22. The summed E-state index contributed by atoms with van der Waals surface area (Å²) in [5.74, 6) is 0.956. The normalized spacial score (nSPS) is 12.6. The van der Waals surface area contributed by atoms with Crippen LogP contribution in [0.1, 0.15) is 44.7 Å². The molecular formula is C24H28ClN3O4S. The van der Waals surface area contributed by atoms with Gasteiger partial charge in [0.2, 0.25) is 15.9 Å². The minimum absolute atomic E-state index is 0.145. The number of rotatable bonds is 10. The Morgan fingerprint density at radius 3 is 2.33 bits per heavy atom. The number of carbonyl (C=O) groups excluding carboxylic acids is 1. The van der Waals surface area contributed by atoms with E-state index in [2.05, 4.69) is 10.3 Å². The molecule has 1 heterocycles. The van der Waals surface area contributed by atoms with E-state index in [0.717, 1.165) is 11.1 Å². The first-order valence-electron chi connectivity index (χ1n) is 10.8. The third-order valence-electron chi connectivity index (χ3n) is 5.35. The van der Waals surface area contributed by atoms with Crippen molar-refractivity contribution in [1.82, 2.24) is 14.6 Å². The molecule has 1 N–H and O–H groups in total. The van der Waals surface area contributed by atoms with Crippen LogP contribution in [0.25, 0.3) is 11.3 Å². The topological polar surface area (TPSA) is 92.5 Å². The molecular weight excluding hydrogens is 462 g/mol. The highest BCUT2D eigenvalue weighted by Gasteiger charge is 2.21. The molecule has 7 nitrogen and oxygen atoms in total. The van der Waals surface area contributed by atoms with Gasteiger partial charge in [0.05, 0.1) is 17.1 Å². The zero-order chi connectivity index (χ0) is 24.0. The van der Waals surface area contributed by atoms with Crippen molar-refractivity contribution in [3.8, 4) is 11.3 Å². The van der Waals surface area contributed by atoms with Crippen LogP contribution in [-0.4, -0.2) is 36.7 Å². The third kappa shape index (κ3) is 6.22. The molecule has 176 valence electrons. The molecule has 0 aliphatic carbocycles. The van der Waals surface area contributed by atoms with E-state index in [1.807, 2.05) is 32.9 Å². The monoisotopic (exact) mass is 489 g/mol. The Labute approximate surface area is 199 Å². The SMILES string of the molecule is CCN(CC)S(=O)(=O)c1ccc(C(C)NC(=O)CCc2ncc(-c3ccc(Cl)cc3)o2)cc1. The lowest BCUT2D eigenvalue weighted by Crippen LogP contribution is -2.30.